The number of hydrogen-bond acceptors (Lipinski definition) is 3. The van der Waals surface area contributed by atoms with Gasteiger partial charge in [0.25, 0.3) is 0 Å². The van der Waals surface area contributed by atoms with Gasteiger partial charge < -0.3 is 16.4 Å². The van der Waals surface area contributed by atoms with Crippen LogP contribution in [0.5, 0.6) is 0 Å². The van der Waals surface area contributed by atoms with E-state index in [-0.39, 0.29) is 28.9 Å². The van der Waals surface area contributed by atoms with Gasteiger partial charge >= 0.3 is 0 Å². The highest BCUT2D eigenvalue weighted by atomic mass is 16.2. The Bertz CT molecular complexity index is 362. The van der Waals surface area contributed by atoms with E-state index in [1.54, 1.807) is 0 Å². The molecule has 1 aliphatic carbocycles. The normalized spacial score (nSPS) is 32.6. The standard InChI is InChI=1S/C17H33N3O/c1-16(2)9-13(10-17(3,4)20-16)19-15(21)14-8-6-5-7-12(14)11-18/h12-14,20H,5-11,18H2,1-4H3,(H,19,21). The minimum absolute atomic E-state index is 0.0690. The highest BCUT2D eigenvalue weighted by Crippen LogP contribution is 2.32. The number of carbonyl (C=O) groups is 1. The molecule has 1 heterocycles. The Morgan fingerprint density at radius 1 is 1.14 bits per heavy atom. The Hall–Kier alpha value is -0.610. The average Bonchev–Trinajstić information content (AvgIpc) is 2.34. The van der Waals surface area contributed by atoms with Crippen LogP contribution in [0.3, 0.4) is 0 Å². The maximum Gasteiger partial charge on any atom is 0.223 e. The summed E-state index contributed by atoms with van der Waals surface area (Å²) in [6.45, 7) is 9.51. The molecule has 1 amide bonds. The van der Waals surface area contributed by atoms with Crippen molar-refractivity contribution in [2.45, 2.75) is 83.3 Å². The first kappa shape index (κ1) is 16.8. The third-order valence-corrected chi connectivity index (χ3v) is 5.09. The molecule has 21 heavy (non-hydrogen) atoms. The molecular weight excluding hydrogens is 262 g/mol. The first-order chi connectivity index (χ1) is 9.72. The maximum atomic E-state index is 12.7. The van der Waals surface area contributed by atoms with E-state index in [1.807, 2.05) is 0 Å². The van der Waals surface area contributed by atoms with Gasteiger partial charge in [0.2, 0.25) is 5.91 Å². The molecule has 4 nitrogen and oxygen atoms in total. The highest BCUT2D eigenvalue weighted by Gasteiger charge is 2.39. The molecule has 0 aromatic carbocycles. The van der Waals surface area contributed by atoms with Crippen LogP contribution in [-0.2, 0) is 4.79 Å². The second kappa shape index (κ2) is 6.25. The summed E-state index contributed by atoms with van der Waals surface area (Å²) in [7, 11) is 0. The molecule has 1 aliphatic heterocycles. The fraction of sp³-hybridized carbons (Fsp3) is 0.941. The van der Waals surface area contributed by atoms with Gasteiger partial charge in [-0.3, -0.25) is 4.79 Å². The fourth-order valence-corrected chi connectivity index (χ4v) is 4.57. The van der Waals surface area contributed by atoms with Crippen LogP contribution in [0.2, 0.25) is 0 Å². The topological polar surface area (TPSA) is 67.2 Å². The number of nitrogens with one attached hydrogen (secondary N) is 2. The van der Waals surface area contributed by atoms with Crippen molar-refractivity contribution in [2.75, 3.05) is 6.54 Å². The Morgan fingerprint density at radius 3 is 2.29 bits per heavy atom. The summed E-state index contributed by atoms with van der Waals surface area (Å²) in [5.74, 6) is 0.745. The minimum atomic E-state index is 0.0690. The number of rotatable bonds is 3. The zero-order valence-electron chi connectivity index (χ0n) is 14.2. The van der Waals surface area contributed by atoms with Gasteiger partial charge in [-0.15, -0.1) is 0 Å². The lowest BCUT2D eigenvalue weighted by Gasteiger charge is -2.47. The SMILES string of the molecule is CC1(C)CC(NC(=O)C2CCCCC2CN)CC(C)(C)N1. The summed E-state index contributed by atoms with van der Waals surface area (Å²) in [4.78, 5) is 12.7. The van der Waals surface area contributed by atoms with E-state index >= 15 is 0 Å². The number of nitrogens with two attached hydrogens (primary N) is 1. The van der Waals surface area contributed by atoms with E-state index in [1.165, 1.54) is 6.42 Å². The van der Waals surface area contributed by atoms with Crippen LogP contribution in [0, 0.1) is 11.8 Å². The van der Waals surface area contributed by atoms with Gasteiger partial charge in [-0.2, -0.15) is 0 Å². The van der Waals surface area contributed by atoms with Gasteiger partial charge in [0, 0.05) is 23.0 Å². The van der Waals surface area contributed by atoms with Gasteiger partial charge in [-0.1, -0.05) is 12.8 Å². The fourth-order valence-electron chi connectivity index (χ4n) is 4.57. The van der Waals surface area contributed by atoms with Crippen LogP contribution in [0.25, 0.3) is 0 Å². The molecule has 2 atom stereocenters. The molecule has 2 fully saturated rings. The monoisotopic (exact) mass is 295 g/mol. The molecule has 1 saturated carbocycles. The molecule has 0 aromatic rings. The molecule has 4 N–H and O–H groups in total. The zero-order valence-corrected chi connectivity index (χ0v) is 14.2. The summed E-state index contributed by atoms with van der Waals surface area (Å²) in [6.07, 6.45) is 6.48. The molecular formula is C17H33N3O. The van der Waals surface area contributed by atoms with E-state index in [2.05, 4.69) is 38.3 Å². The third kappa shape index (κ3) is 4.43. The number of hydrogen-bond donors (Lipinski definition) is 3. The maximum absolute atomic E-state index is 12.7. The predicted octanol–water partition coefficient (Wildman–Crippen LogP) is 2.18. The molecule has 2 unspecified atom stereocenters. The van der Waals surface area contributed by atoms with Crippen molar-refractivity contribution in [2.24, 2.45) is 17.6 Å². The summed E-state index contributed by atoms with van der Waals surface area (Å²) >= 11 is 0. The third-order valence-electron chi connectivity index (χ3n) is 5.09. The smallest absolute Gasteiger partial charge is 0.223 e. The van der Waals surface area contributed by atoms with Crippen LogP contribution >= 0.6 is 0 Å². The summed E-state index contributed by atoms with van der Waals surface area (Å²) in [5.41, 5.74) is 6.00. The second-order valence-electron chi connectivity index (χ2n) is 8.39. The Morgan fingerprint density at radius 2 is 1.71 bits per heavy atom. The second-order valence-corrected chi connectivity index (χ2v) is 8.39. The van der Waals surface area contributed by atoms with Crippen LogP contribution in [-0.4, -0.2) is 29.6 Å². The van der Waals surface area contributed by atoms with E-state index in [4.69, 9.17) is 5.73 Å². The molecule has 0 aromatic heterocycles. The zero-order chi connectivity index (χ0) is 15.7. The predicted molar refractivity (Wildman–Crippen MR) is 87.0 cm³/mol. The quantitative estimate of drug-likeness (QED) is 0.747. The first-order valence-electron chi connectivity index (χ1n) is 8.52. The number of amides is 1. The van der Waals surface area contributed by atoms with Gasteiger partial charge in [-0.25, -0.2) is 0 Å². The Kier molecular flexibility index (Phi) is 4.99. The molecule has 4 heteroatoms. The first-order valence-corrected chi connectivity index (χ1v) is 8.52. The van der Waals surface area contributed by atoms with Crippen molar-refractivity contribution in [3.63, 3.8) is 0 Å². The van der Waals surface area contributed by atoms with E-state index in [9.17, 15) is 4.79 Å². The van der Waals surface area contributed by atoms with Crippen LogP contribution < -0.4 is 16.4 Å². The molecule has 0 spiro atoms. The molecule has 0 radical (unpaired) electrons. The summed E-state index contributed by atoms with van der Waals surface area (Å²) in [6, 6.07) is 0.268. The Balaban J connectivity index is 1.98. The lowest BCUT2D eigenvalue weighted by atomic mass is 9.77. The van der Waals surface area contributed by atoms with Gasteiger partial charge in [0.15, 0.2) is 0 Å². The lowest BCUT2D eigenvalue weighted by molar-refractivity contribution is -0.129. The highest BCUT2D eigenvalue weighted by molar-refractivity contribution is 5.79. The molecule has 2 rings (SSSR count). The van der Waals surface area contributed by atoms with Gasteiger partial charge in [0.1, 0.15) is 0 Å². The van der Waals surface area contributed by atoms with E-state index < -0.39 is 0 Å². The van der Waals surface area contributed by atoms with Gasteiger partial charge in [0.05, 0.1) is 0 Å². The van der Waals surface area contributed by atoms with Crippen LogP contribution in [0.1, 0.15) is 66.2 Å². The number of piperidine rings is 1. The molecule has 1 saturated heterocycles. The summed E-state index contributed by atoms with van der Waals surface area (Å²) in [5, 5.41) is 6.99. The van der Waals surface area contributed by atoms with Crippen molar-refractivity contribution in [3.05, 3.63) is 0 Å². The molecule has 0 bridgehead atoms. The van der Waals surface area contributed by atoms with Crippen LogP contribution in [0.4, 0.5) is 0 Å². The molecule has 122 valence electrons. The minimum Gasteiger partial charge on any atom is -0.353 e. The number of carbonyl (C=O) groups excluding carboxylic acids is 1. The van der Waals surface area contributed by atoms with Crippen LogP contribution in [0.15, 0.2) is 0 Å². The van der Waals surface area contributed by atoms with Gasteiger partial charge in [-0.05, 0) is 65.8 Å². The van der Waals surface area contributed by atoms with Crippen molar-refractivity contribution < 1.29 is 4.79 Å². The van der Waals surface area contributed by atoms with E-state index in [0.717, 1.165) is 32.1 Å². The van der Waals surface area contributed by atoms with Crippen molar-refractivity contribution >= 4 is 5.91 Å². The lowest BCUT2D eigenvalue weighted by Crippen LogP contribution is -2.62. The molecule has 2 aliphatic rings. The summed E-state index contributed by atoms with van der Waals surface area (Å²) < 4.78 is 0. The largest absolute Gasteiger partial charge is 0.353 e. The Labute approximate surface area is 129 Å². The van der Waals surface area contributed by atoms with Crippen molar-refractivity contribution in [1.82, 2.24) is 10.6 Å². The van der Waals surface area contributed by atoms with Crippen molar-refractivity contribution in [3.8, 4) is 0 Å². The van der Waals surface area contributed by atoms with Crippen molar-refractivity contribution in [1.29, 1.82) is 0 Å². The van der Waals surface area contributed by atoms with E-state index in [0.29, 0.717) is 12.5 Å². The average molecular weight is 295 g/mol.